The van der Waals surface area contributed by atoms with E-state index in [1.807, 2.05) is 6.07 Å². The van der Waals surface area contributed by atoms with E-state index < -0.39 is 0 Å². The number of esters is 1. The normalized spacial score (nSPS) is 28.1. The molecule has 1 heterocycles. The van der Waals surface area contributed by atoms with Crippen molar-refractivity contribution in [3.8, 4) is 0 Å². The highest BCUT2D eigenvalue weighted by Crippen LogP contribution is 2.27. The number of carbonyl (C=O) groups excluding carboxylic acids is 1. The number of hydrogen-bond acceptors (Lipinski definition) is 3. The zero-order chi connectivity index (χ0) is 13.8. The molecule has 1 aromatic rings. The Morgan fingerprint density at radius 3 is 2.63 bits per heavy atom. The topological polar surface area (TPSA) is 29.5 Å². The maximum Gasteiger partial charge on any atom is 0.302 e. The molecule has 1 aliphatic heterocycles. The highest BCUT2D eigenvalue weighted by atomic mass is 16.5. The smallest absolute Gasteiger partial charge is 0.302 e. The Labute approximate surface area is 115 Å². The van der Waals surface area contributed by atoms with Crippen molar-refractivity contribution < 1.29 is 9.53 Å². The van der Waals surface area contributed by atoms with Crippen molar-refractivity contribution in [3.05, 3.63) is 35.9 Å². The summed E-state index contributed by atoms with van der Waals surface area (Å²) in [6, 6.07) is 11.0. The quantitative estimate of drug-likeness (QED) is 0.784. The second-order valence-corrected chi connectivity index (χ2v) is 5.49. The largest absolute Gasteiger partial charge is 0.462 e. The Balaban J connectivity index is 1.97. The molecule has 0 spiro atoms. The standard InChI is InChI=1S/C16H23NO2/c1-12-13(2)17(10-9-16(12)19-14(3)18)11-15-7-5-4-6-8-15/h4-8,12-13,16H,9-11H2,1-3H3/t12-,13+,16+/m0/s1. The predicted octanol–water partition coefficient (Wildman–Crippen LogP) is 2.85. The first-order chi connectivity index (χ1) is 9.08. The van der Waals surface area contributed by atoms with Crippen molar-refractivity contribution in [2.75, 3.05) is 6.54 Å². The van der Waals surface area contributed by atoms with E-state index in [0.717, 1.165) is 19.5 Å². The molecule has 1 saturated heterocycles. The van der Waals surface area contributed by atoms with Gasteiger partial charge in [0.2, 0.25) is 0 Å². The number of carbonyl (C=O) groups is 1. The summed E-state index contributed by atoms with van der Waals surface area (Å²) in [6.07, 6.45) is 0.997. The van der Waals surface area contributed by atoms with E-state index >= 15 is 0 Å². The Kier molecular flexibility index (Phi) is 4.59. The molecule has 0 N–H and O–H groups in total. The van der Waals surface area contributed by atoms with Crippen molar-refractivity contribution in [3.63, 3.8) is 0 Å². The number of nitrogens with zero attached hydrogens (tertiary/aromatic N) is 1. The number of rotatable bonds is 3. The average Bonchev–Trinajstić information content (AvgIpc) is 2.39. The third kappa shape index (κ3) is 3.57. The number of hydrogen-bond donors (Lipinski definition) is 0. The van der Waals surface area contributed by atoms with Crippen molar-refractivity contribution in [1.29, 1.82) is 0 Å². The van der Waals surface area contributed by atoms with E-state index in [2.05, 4.69) is 43.0 Å². The molecule has 1 aliphatic rings. The van der Waals surface area contributed by atoms with E-state index in [4.69, 9.17) is 4.74 Å². The summed E-state index contributed by atoms with van der Waals surface area (Å²) in [4.78, 5) is 13.6. The first-order valence-corrected chi connectivity index (χ1v) is 7.03. The summed E-state index contributed by atoms with van der Waals surface area (Å²) in [5.74, 6) is 0.210. The summed E-state index contributed by atoms with van der Waals surface area (Å²) in [5.41, 5.74) is 1.34. The van der Waals surface area contributed by atoms with Crippen LogP contribution in [0.25, 0.3) is 0 Å². The van der Waals surface area contributed by atoms with Gasteiger partial charge in [-0.05, 0) is 18.9 Å². The Morgan fingerprint density at radius 2 is 2.00 bits per heavy atom. The molecule has 0 aliphatic carbocycles. The molecule has 1 fully saturated rings. The van der Waals surface area contributed by atoms with Crippen molar-refractivity contribution in [1.82, 2.24) is 4.90 Å². The van der Waals surface area contributed by atoms with Gasteiger partial charge in [-0.2, -0.15) is 0 Å². The Bertz CT molecular complexity index is 418. The van der Waals surface area contributed by atoms with Crippen LogP contribution in [0.4, 0.5) is 0 Å². The highest BCUT2D eigenvalue weighted by Gasteiger charge is 2.34. The van der Waals surface area contributed by atoms with Gasteiger partial charge in [0.05, 0.1) is 0 Å². The molecular weight excluding hydrogens is 238 g/mol. The lowest BCUT2D eigenvalue weighted by Gasteiger charge is -2.42. The number of ether oxygens (including phenoxy) is 1. The summed E-state index contributed by atoms with van der Waals surface area (Å²) >= 11 is 0. The van der Waals surface area contributed by atoms with Crippen LogP contribution in [-0.2, 0) is 16.1 Å². The lowest BCUT2D eigenvalue weighted by molar-refractivity contribution is -0.153. The zero-order valence-corrected chi connectivity index (χ0v) is 12.0. The zero-order valence-electron chi connectivity index (χ0n) is 12.0. The van der Waals surface area contributed by atoms with Crippen LogP contribution in [0.2, 0.25) is 0 Å². The van der Waals surface area contributed by atoms with Crippen LogP contribution in [-0.4, -0.2) is 29.6 Å². The summed E-state index contributed by atoms with van der Waals surface area (Å²) in [5, 5.41) is 0. The number of likely N-dealkylation sites (tertiary alicyclic amines) is 1. The first-order valence-electron chi connectivity index (χ1n) is 7.03. The monoisotopic (exact) mass is 261 g/mol. The van der Waals surface area contributed by atoms with E-state index in [1.165, 1.54) is 12.5 Å². The minimum Gasteiger partial charge on any atom is -0.462 e. The van der Waals surface area contributed by atoms with Gasteiger partial charge in [-0.15, -0.1) is 0 Å². The molecule has 0 radical (unpaired) electrons. The van der Waals surface area contributed by atoms with Crippen LogP contribution in [0, 0.1) is 5.92 Å². The van der Waals surface area contributed by atoms with Crippen molar-refractivity contribution >= 4 is 5.97 Å². The SMILES string of the molecule is CC(=O)O[C@@H]1CCN(Cc2ccccc2)[C@H](C)[C@@H]1C. The molecule has 19 heavy (non-hydrogen) atoms. The number of piperidine rings is 1. The van der Waals surface area contributed by atoms with Crippen LogP contribution in [0.3, 0.4) is 0 Å². The van der Waals surface area contributed by atoms with Crippen LogP contribution in [0.5, 0.6) is 0 Å². The first kappa shape index (κ1) is 14.1. The minimum atomic E-state index is -0.166. The van der Waals surface area contributed by atoms with E-state index in [0.29, 0.717) is 12.0 Å². The molecule has 0 saturated carbocycles. The van der Waals surface area contributed by atoms with Gasteiger partial charge in [0.15, 0.2) is 0 Å². The Hall–Kier alpha value is -1.35. The maximum atomic E-state index is 11.1. The van der Waals surface area contributed by atoms with Gasteiger partial charge in [0.1, 0.15) is 6.10 Å². The van der Waals surface area contributed by atoms with Gasteiger partial charge in [0.25, 0.3) is 0 Å². The fourth-order valence-electron chi connectivity index (χ4n) is 2.82. The van der Waals surface area contributed by atoms with E-state index in [1.54, 1.807) is 0 Å². The van der Waals surface area contributed by atoms with Gasteiger partial charge >= 0.3 is 5.97 Å². The molecule has 0 aromatic heterocycles. The van der Waals surface area contributed by atoms with Gasteiger partial charge in [-0.25, -0.2) is 0 Å². The van der Waals surface area contributed by atoms with Crippen molar-refractivity contribution in [2.24, 2.45) is 5.92 Å². The fourth-order valence-corrected chi connectivity index (χ4v) is 2.82. The third-order valence-electron chi connectivity index (χ3n) is 4.17. The van der Waals surface area contributed by atoms with Gasteiger partial charge in [-0.1, -0.05) is 37.3 Å². The molecule has 0 amide bonds. The van der Waals surface area contributed by atoms with Crippen LogP contribution in [0.15, 0.2) is 30.3 Å². The minimum absolute atomic E-state index is 0.0690. The lowest BCUT2D eigenvalue weighted by atomic mass is 9.88. The molecule has 3 nitrogen and oxygen atoms in total. The summed E-state index contributed by atoms with van der Waals surface area (Å²) < 4.78 is 5.41. The van der Waals surface area contributed by atoms with Crippen LogP contribution in [0.1, 0.15) is 32.8 Å². The fraction of sp³-hybridized carbons (Fsp3) is 0.562. The second-order valence-electron chi connectivity index (χ2n) is 5.49. The average molecular weight is 261 g/mol. The summed E-state index contributed by atoms with van der Waals surface area (Å²) in [7, 11) is 0. The van der Waals surface area contributed by atoms with Crippen molar-refractivity contribution in [2.45, 2.75) is 45.9 Å². The highest BCUT2D eigenvalue weighted by molar-refractivity contribution is 5.66. The van der Waals surface area contributed by atoms with E-state index in [-0.39, 0.29) is 12.1 Å². The Morgan fingerprint density at radius 1 is 1.32 bits per heavy atom. The molecule has 104 valence electrons. The molecule has 3 heteroatoms. The molecule has 0 bridgehead atoms. The number of benzene rings is 1. The predicted molar refractivity (Wildman–Crippen MR) is 75.6 cm³/mol. The van der Waals surface area contributed by atoms with Gasteiger partial charge < -0.3 is 4.74 Å². The van der Waals surface area contributed by atoms with Crippen LogP contribution < -0.4 is 0 Å². The maximum absolute atomic E-state index is 11.1. The van der Waals surface area contributed by atoms with Gasteiger partial charge in [0, 0.05) is 32.0 Å². The molecule has 1 aromatic carbocycles. The molecule has 3 atom stereocenters. The molecule has 0 unspecified atom stereocenters. The molecular formula is C16H23NO2. The van der Waals surface area contributed by atoms with E-state index in [9.17, 15) is 4.79 Å². The second kappa shape index (κ2) is 6.20. The lowest BCUT2D eigenvalue weighted by Crippen LogP contribution is -2.49. The molecule has 2 rings (SSSR count). The summed E-state index contributed by atoms with van der Waals surface area (Å²) in [6.45, 7) is 7.85. The third-order valence-corrected chi connectivity index (χ3v) is 4.17. The van der Waals surface area contributed by atoms with Crippen LogP contribution >= 0.6 is 0 Å². The van der Waals surface area contributed by atoms with Gasteiger partial charge in [-0.3, -0.25) is 9.69 Å².